The van der Waals surface area contributed by atoms with Crippen molar-refractivity contribution in [2.24, 2.45) is 0 Å². The van der Waals surface area contributed by atoms with E-state index in [1.165, 1.54) is 6.08 Å². The number of fused-ring (bicyclic) bond motifs is 1. The summed E-state index contributed by atoms with van der Waals surface area (Å²) in [5.74, 6) is -0.205. The molecule has 1 heterocycles. The molecule has 5 nitrogen and oxygen atoms in total. The number of ketones is 1. The second-order valence-corrected chi connectivity index (χ2v) is 7.67. The van der Waals surface area contributed by atoms with Gasteiger partial charge in [0.15, 0.2) is 11.3 Å². The van der Waals surface area contributed by atoms with Gasteiger partial charge in [-0.3, -0.25) is 9.69 Å². The first-order valence-corrected chi connectivity index (χ1v) is 11.1. The molecule has 1 unspecified atom stereocenters. The summed E-state index contributed by atoms with van der Waals surface area (Å²) >= 11 is 0. The molecule has 3 rings (SSSR count). The highest BCUT2D eigenvalue weighted by atomic mass is 16.5. The third kappa shape index (κ3) is 4.42. The van der Waals surface area contributed by atoms with Crippen LogP contribution in [-0.2, 0) is 16.0 Å². The van der Waals surface area contributed by atoms with Crippen LogP contribution in [0.5, 0.6) is 5.75 Å². The van der Waals surface area contributed by atoms with Crippen molar-refractivity contribution in [3.8, 4) is 5.75 Å². The van der Waals surface area contributed by atoms with Crippen LogP contribution in [0.15, 0.2) is 54.6 Å². The number of nitrogens with zero attached hydrogens (tertiary/aromatic N) is 2. The molecule has 0 radical (unpaired) electrons. The Morgan fingerprint density at radius 2 is 1.61 bits per heavy atom. The number of esters is 1. The number of likely N-dealkylation sites (N-methyl/N-ethyl adjacent to an activating group) is 1. The second-order valence-electron chi connectivity index (χ2n) is 7.67. The molecule has 0 N–H and O–H groups in total. The Morgan fingerprint density at radius 3 is 2.23 bits per heavy atom. The van der Waals surface area contributed by atoms with Crippen molar-refractivity contribution in [3.05, 3.63) is 65.7 Å². The van der Waals surface area contributed by atoms with Crippen molar-refractivity contribution >= 4 is 23.5 Å². The van der Waals surface area contributed by atoms with E-state index in [0.717, 1.165) is 29.9 Å². The second kappa shape index (κ2) is 9.92. The number of hydrogen-bond donors (Lipinski definition) is 0. The van der Waals surface area contributed by atoms with E-state index in [1.54, 1.807) is 12.1 Å². The zero-order valence-corrected chi connectivity index (χ0v) is 18.9. The first kappa shape index (κ1) is 22.8. The lowest BCUT2D eigenvalue weighted by Crippen LogP contribution is -2.64. The van der Waals surface area contributed by atoms with Crippen LogP contribution in [-0.4, -0.2) is 48.4 Å². The Hall–Kier alpha value is -2.92. The van der Waals surface area contributed by atoms with E-state index in [4.69, 9.17) is 4.74 Å². The molecule has 0 fully saturated rings. The molecule has 0 aromatic heterocycles. The number of ether oxygens (including phenoxy) is 1. The monoisotopic (exact) mass is 420 g/mol. The molecule has 0 amide bonds. The van der Waals surface area contributed by atoms with Gasteiger partial charge in [0.25, 0.3) is 0 Å². The van der Waals surface area contributed by atoms with Gasteiger partial charge >= 0.3 is 5.97 Å². The number of anilines is 1. The van der Waals surface area contributed by atoms with Gasteiger partial charge in [-0.25, -0.2) is 4.79 Å². The van der Waals surface area contributed by atoms with Crippen LogP contribution in [0.3, 0.4) is 0 Å². The third-order valence-corrected chi connectivity index (χ3v) is 6.12. The third-order valence-electron chi connectivity index (χ3n) is 6.12. The number of carbonyl (C=O) groups is 2. The Morgan fingerprint density at radius 1 is 0.968 bits per heavy atom. The van der Waals surface area contributed by atoms with Crippen LogP contribution >= 0.6 is 0 Å². The molecule has 2 aromatic carbocycles. The number of carbonyl (C=O) groups excluding carboxylic acids is 2. The molecule has 164 valence electrons. The average molecular weight is 421 g/mol. The van der Waals surface area contributed by atoms with E-state index in [2.05, 4.69) is 30.9 Å². The Kier molecular flexibility index (Phi) is 7.29. The summed E-state index contributed by atoms with van der Waals surface area (Å²) in [4.78, 5) is 30.8. The zero-order chi connectivity index (χ0) is 22.4. The predicted molar refractivity (Wildman–Crippen MR) is 125 cm³/mol. The number of benzene rings is 2. The van der Waals surface area contributed by atoms with Crippen molar-refractivity contribution in [3.63, 3.8) is 0 Å². The fourth-order valence-corrected chi connectivity index (χ4v) is 4.32. The number of hydrogen-bond acceptors (Lipinski definition) is 5. The molecular weight excluding hydrogens is 388 g/mol. The van der Waals surface area contributed by atoms with E-state index in [-0.39, 0.29) is 5.78 Å². The standard InChI is InChI=1S/C26H32N2O3/c1-5-27(6-2)22-16-13-20(14-17-22)15-18-24(29)26(28(7-3)8-4)19-21-11-9-10-12-23(21)31-25(26)30/h9-18H,5-8,19H2,1-4H3/b18-15+. The number of rotatable bonds is 9. The molecule has 1 aliphatic rings. The quantitative estimate of drug-likeness (QED) is 0.261. The van der Waals surface area contributed by atoms with Gasteiger partial charge in [-0.2, -0.15) is 0 Å². The van der Waals surface area contributed by atoms with Gasteiger partial charge in [0.2, 0.25) is 0 Å². The topological polar surface area (TPSA) is 49.9 Å². The summed E-state index contributed by atoms with van der Waals surface area (Å²) in [6, 6.07) is 15.5. The van der Waals surface area contributed by atoms with Crippen LogP contribution in [0, 0.1) is 0 Å². The smallest absolute Gasteiger partial charge is 0.340 e. The van der Waals surface area contributed by atoms with E-state index in [0.29, 0.717) is 25.3 Å². The highest BCUT2D eigenvalue weighted by molar-refractivity contribution is 6.16. The molecule has 0 saturated carbocycles. The minimum Gasteiger partial charge on any atom is -0.425 e. The average Bonchev–Trinajstić information content (AvgIpc) is 2.80. The number of para-hydroxylation sites is 1. The van der Waals surface area contributed by atoms with Crippen LogP contribution in [0.2, 0.25) is 0 Å². The lowest BCUT2D eigenvalue weighted by Gasteiger charge is -2.41. The van der Waals surface area contributed by atoms with Crippen LogP contribution < -0.4 is 9.64 Å². The van der Waals surface area contributed by atoms with Gasteiger partial charge < -0.3 is 9.64 Å². The largest absolute Gasteiger partial charge is 0.425 e. The lowest BCUT2D eigenvalue weighted by atomic mass is 9.82. The van der Waals surface area contributed by atoms with Gasteiger partial charge in [0, 0.05) is 25.2 Å². The summed E-state index contributed by atoms with van der Waals surface area (Å²) in [5, 5.41) is 0. The van der Waals surface area contributed by atoms with E-state index < -0.39 is 11.5 Å². The highest BCUT2D eigenvalue weighted by Gasteiger charge is 2.52. The molecule has 0 bridgehead atoms. The normalized spacial score (nSPS) is 18.2. The lowest BCUT2D eigenvalue weighted by molar-refractivity contribution is -0.155. The Balaban J connectivity index is 1.91. The fraction of sp³-hybridized carbons (Fsp3) is 0.385. The summed E-state index contributed by atoms with van der Waals surface area (Å²) in [7, 11) is 0. The van der Waals surface area contributed by atoms with Crippen molar-refractivity contribution in [1.29, 1.82) is 0 Å². The van der Waals surface area contributed by atoms with Crippen LogP contribution in [0.4, 0.5) is 5.69 Å². The molecule has 0 spiro atoms. The van der Waals surface area contributed by atoms with E-state index in [9.17, 15) is 9.59 Å². The van der Waals surface area contributed by atoms with Crippen molar-refractivity contribution in [2.45, 2.75) is 39.7 Å². The van der Waals surface area contributed by atoms with Crippen molar-refractivity contribution in [2.75, 3.05) is 31.1 Å². The molecule has 1 atom stereocenters. The molecule has 5 heteroatoms. The van der Waals surface area contributed by atoms with E-state index in [1.807, 2.05) is 49.1 Å². The maximum absolute atomic E-state index is 13.5. The summed E-state index contributed by atoms with van der Waals surface area (Å²) in [6.07, 6.45) is 3.63. The zero-order valence-electron chi connectivity index (χ0n) is 18.9. The fourth-order valence-electron chi connectivity index (χ4n) is 4.32. The molecule has 1 aliphatic heterocycles. The van der Waals surface area contributed by atoms with Gasteiger partial charge in [-0.15, -0.1) is 0 Å². The minimum atomic E-state index is -1.34. The van der Waals surface area contributed by atoms with Crippen molar-refractivity contribution < 1.29 is 14.3 Å². The van der Waals surface area contributed by atoms with Crippen LogP contribution in [0.1, 0.15) is 38.8 Å². The van der Waals surface area contributed by atoms with Gasteiger partial charge in [0.05, 0.1) is 0 Å². The maximum atomic E-state index is 13.5. The minimum absolute atomic E-state index is 0.247. The molecule has 2 aromatic rings. The maximum Gasteiger partial charge on any atom is 0.340 e. The van der Waals surface area contributed by atoms with Gasteiger partial charge in [-0.05, 0) is 62.3 Å². The van der Waals surface area contributed by atoms with Gasteiger partial charge in [-0.1, -0.05) is 50.3 Å². The summed E-state index contributed by atoms with van der Waals surface area (Å²) < 4.78 is 5.63. The van der Waals surface area contributed by atoms with Gasteiger partial charge in [0.1, 0.15) is 5.75 Å². The van der Waals surface area contributed by atoms with E-state index >= 15 is 0 Å². The van der Waals surface area contributed by atoms with Crippen LogP contribution in [0.25, 0.3) is 6.08 Å². The Labute approximate surface area is 185 Å². The first-order valence-electron chi connectivity index (χ1n) is 11.1. The molecule has 0 aliphatic carbocycles. The SMILES string of the molecule is CCN(CC)c1ccc(/C=C/C(=O)C2(N(CC)CC)Cc3ccccc3OC2=O)cc1. The first-order chi connectivity index (χ1) is 15.0. The molecule has 31 heavy (non-hydrogen) atoms. The summed E-state index contributed by atoms with van der Waals surface area (Å²) in [5.41, 5.74) is 1.61. The highest BCUT2D eigenvalue weighted by Crippen LogP contribution is 2.35. The molecule has 0 saturated heterocycles. The Bertz CT molecular complexity index is 943. The summed E-state index contributed by atoms with van der Waals surface area (Å²) in [6.45, 7) is 11.2. The molecular formula is C26H32N2O3. The predicted octanol–water partition coefficient (Wildman–Crippen LogP) is 4.36. The van der Waals surface area contributed by atoms with Crippen molar-refractivity contribution in [1.82, 2.24) is 4.90 Å².